The SMILES string of the molecule is [2H]c1c([2H])c([2H])c(N(c2ccc(-c3c4c(c(N(c5ccc6c(c5)C(C)(C)c5ccccc5-6)c5c([2H])c([2H])c([2H])c([2H])c5[2H])c5ccccc35)Oc3ccccc3O4)cc2)c2ccc3c(c2)C(C)(C)c2ccccc2-3)c([2H])c1[2H]. The van der Waals surface area contributed by atoms with Crippen LogP contribution in [0.25, 0.3) is 44.2 Å². The van der Waals surface area contributed by atoms with Gasteiger partial charge < -0.3 is 19.3 Å². The zero-order chi connectivity index (χ0) is 54.4. The van der Waals surface area contributed by atoms with Gasteiger partial charge in [-0.25, -0.2) is 0 Å². The fourth-order valence-corrected chi connectivity index (χ4v) is 10.8. The van der Waals surface area contributed by atoms with E-state index in [1.54, 1.807) is 15.9 Å². The van der Waals surface area contributed by atoms with Gasteiger partial charge in [0, 0.05) is 50.2 Å². The number of anilines is 6. The summed E-state index contributed by atoms with van der Waals surface area (Å²) in [4.78, 5) is 3.45. The molecule has 0 bridgehead atoms. The van der Waals surface area contributed by atoms with Crippen molar-refractivity contribution in [3.63, 3.8) is 0 Å². The molecule has 0 fully saturated rings. The van der Waals surface area contributed by atoms with Crippen molar-refractivity contribution in [3.05, 3.63) is 240 Å². The van der Waals surface area contributed by atoms with Gasteiger partial charge in [0.05, 0.1) is 13.7 Å². The predicted molar refractivity (Wildman–Crippen MR) is 280 cm³/mol. The smallest absolute Gasteiger partial charge is 0.195 e. The zero-order valence-corrected chi connectivity index (χ0v) is 37.7. The van der Waals surface area contributed by atoms with Crippen molar-refractivity contribution in [3.8, 4) is 56.4 Å². The lowest BCUT2D eigenvalue weighted by molar-refractivity contribution is 0.362. The van der Waals surface area contributed by atoms with Crippen LogP contribution in [0.15, 0.2) is 218 Å². The number of ether oxygens (including phenoxy) is 2. The zero-order valence-electron chi connectivity index (χ0n) is 47.7. The van der Waals surface area contributed by atoms with Gasteiger partial charge in [-0.2, -0.15) is 0 Å². The first-order chi connectivity index (χ1) is 37.4. The minimum Gasteiger partial charge on any atom is -0.449 e. The molecule has 13 rings (SSSR count). The Labute approximate surface area is 412 Å². The third kappa shape index (κ3) is 6.00. The van der Waals surface area contributed by atoms with E-state index in [0.29, 0.717) is 61.9 Å². The van der Waals surface area contributed by atoms with E-state index in [-0.39, 0.29) is 29.2 Å². The highest BCUT2D eigenvalue weighted by atomic mass is 16.6. The van der Waals surface area contributed by atoms with Crippen molar-refractivity contribution in [2.24, 2.45) is 0 Å². The summed E-state index contributed by atoms with van der Waals surface area (Å²) in [6.07, 6.45) is 0. The molecule has 0 saturated carbocycles. The molecule has 0 atom stereocenters. The fourth-order valence-electron chi connectivity index (χ4n) is 10.8. The number of para-hydroxylation sites is 4. The number of hydrogen-bond donors (Lipinski definition) is 0. The first-order valence-corrected chi connectivity index (χ1v) is 22.8. The van der Waals surface area contributed by atoms with E-state index < -0.39 is 59.2 Å². The maximum absolute atomic E-state index is 9.52. The van der Waals surface area contributed by atoms with Crippen molar-refractivity contribution in [2.75, 3.05) is 9.80 Å². The second-order valence-corrected chi connectivity index (χ2v) is 18.5. The van der Waals surface area contributed by atoms with E-state index in [4.69, 9.17) is 17.7 Å². The van der Waals surface area contributed by atoms with Crippen LogP contribution >= 0.6 is 0 Å². The van der Waals surface area contributed by atoms with Crippen LogP contribution in [0.2, 0.25) is 0 Å². The Morgan fingerprint density at radius 3 is 1.40 bits per heavy atom. The molecule has 0 spiro atoms. The molecule has 0 N–H and O–H groups in total. The Morgan fingerprint density at radius 2 is 0.824 bits per heavy atom. The minimum atomic E-state index is -0.519. The summed E-state index contributed by atoms with van der Waals surface area (Å²) in [6, 6.07) is 46.7. The van der Waals surface area contributed by atoms with Crippen LogP contribution in [-0.2, 0) is 10.8 Å². The van der Waals surface area contributed by atoms with Gasteiger partial charge in [-0.3, -0.25) is 0 Å². The lowest BCUT2D eigenvalue weighted by atomic mass is 9.82. The Bertz CT molecular complexity index is 4190. The maximum atomic E-state index is 9.52. The van der Waals surface area contributed by atoms with Crippen LogP contribution in [0.4, 0.5) is 34.1 Å². The molecule has 0 radical (unpaired) electrons. The Balaban J connectivity index is 1.05. The number of fused-ring (bicyclic) bond motifs is 9. The van der Waals surface area contributed by atoms with Gasteiger partial charge in [-0.05, 0) is 128 Å². The van der Waals surface area contributed by atoms with Crippen LogP contribution in [0.1, 0.15) is 63.7 Å². The summed E-state index contributed by atoms with van der Waals surface area (Å²) >= 11 is 0. The van der Waals surface area contributed by atoms with Crippen LogP contribution in [0, 0.1) is 0 Å². The van der Waals surface area contributed by atoms with E-state index in [2.05, 4.69) is 58.0 Å². The van der Waals surface area contributed by atoms with Gasteiger partial charge in [0.25, 0.3) is 0 Å². The molecule has 0 aromatic heterocycles. The summed E-state index contributed by atoms with van der Waals surface area (Å²) in [5.74, 6) is 1.39. The normalized spacial score (nSPS) is 16.1. The molecule has 1 heterocycles. The molecule has 1 aliphatic heterocycles. The Kier molecular flexibility index (Phi) is 6.83. The largest absolute Gasteiger partial charge is 0.449 e. The molecular formula is C64H48N2O2. The van der Waals surface area contributed by atoms with Gasteiger partial charge in [-0.1, -0.05) is 173 Å². The average molecular weight is 887 g/mol. The number of nitrogens with zero attached hydrogens (tertiary/aromatic N) is 2. The summed E-state index contributed by atoms with van der Waals surface area (Å²) in [7, 11) is 0. The summed E-state index contributed by atoms with van der Waals surface area (Å²) < 4.78 is 104. The van der Waals surface area contributed by atoms with Gasteiger partial charge in [-0.15, -0.1) is 0 Å². The highest BCUT2D eigenvalue weighted by Crippen LogP contribution is 2.61. The van der Waals surface area contributed by atoms with E-state index in [1.807, 2.05) is 121 Å². The molecule has 3 aliphatic rings. The van der Waals surface area contributed by atoms with Gasteiger partial charge >= 0.3 is 0 Å². The van der Waals surface area contributed by atoms with E-state index in [9.17, 15) is 5.48 Å². The van der Waals surface area contributed by atoms with Crippen molar-refractivity contribution in [1.82, 2.24) is 0 Å². The number of rotatable bonds is 7. The monoisotopic (exact) mass is 886 g/mol. The molecule has 326 valence electrons. The topological polar surface area (TPSA) is 24.9 Å². The fraction of sp³-hybridized carbons (Fsp3) is 0.0938. The third-order valence-electron chi connectivity index (χ3n) is 14.1. The van der Waals surface area contributed by atoms with Gasteiger partial charge in [0.15, 0.2) is 23.0 Å². The standard InChI is InChI=1S/C64H48N2O2/c1-63(2)53-27-15-13-23-47(53)49-37-35-45(39-55(49)63)65(42-19-7-5-8-20-42)44-33-31-41(32-34-44)59-51-25-11-12-26-52(51)60(62-61(59)67-57-29-17-18-30-58(57)68-62)66(43-21-9-6-10-22-43)46-36-38-50-48-24-14-16-28-54(48)64(3,4)56(50)40-46/h5-40H,1-4H3/i5D,6D,7D,8D,9D,10D,19D,20D,21D,22D. The molecule has 10 aromatic carbocycles. The molecule has 0 amide bonds. The molecule has 4 heteroatoms. The van der Waals surface area contributed by atoms with Crippen LogP contribution in [-0.4, -0.2) is 0 Å². The first kappa shape index (κ1) is 30.8. The highest BCUT2D eigenvalue weighted by Gasteiger charge is 2.38. The van der Waals surface area contributed by atoms with Crippen molar-refractivity contribution in [1.29, 1.82) is 0 Å². The van der Waals surface area contributed by atoms with Crippen molar-refractivity contribution in [2.45, 2.75) is 38.5 Å². The average Bonchev–Trinajstić information content (AvgIpc) is 3.93. The van der Waals surface area contributed by atoms with Crippen LogP contribution < -0.4 is 19.3 Å². The first-order valence-electron chi connectivity index (χ1n) is 27.8. The Hall–Kier alpha value is -8.34. The number of benzene rings is 10. The summed E-state index contributed by atoms with van der Waals surface area (Å²) in [5.41, 5.74) is 11.1. The number of hydrogen-bond acceptors (Lipinski definition) is 4. The molecular weight excluding hydrogens is 829 g/mol. The molecule has 4 nitrogen and oxygen atoms in total. The van der Waals surface area contributed by atoms with Crippen LogP contribution in [0.5, 0.6) is 23.0 Å². The minimum absolute atomic E-state index is 0.00546. The second kappa shape index (κ2) is 15.1. The molecule has 0 unspecified atom stereocenters. The quantitative estimate of drug-likeness (QED) is 0.159. The van der Waals surface area contributed by atoms with Crippen molar-refractivity contribution >= 4 is 44.9 Å². The Morgan fingerprint density at radius 1 is 0.382 bits per heavy atom. The lowest BCUT2D eigenvalue weighted by Gasteiger charge is -2.33. The summed E-state index contributed by atoms with van der Waals surface area (Å²) in [5, 5.41) is 1.31. The molecule has 10 aromatic rings. The maximum Gasteiger partial charge on any atom is 0.195 e. The van der Waals surface area contributed by atoms with E-state index in [0.717, 1.165) is 38.9 Å². The van der Waals surface area contributed by atoms with E-state index in [1.165, 1.54) is 5.56 Å². The van der Waals surface area contributed by atoms with Gasteiger partial charge in [0.2, 0.25) is 0 Å². The molecule has 0 saturated heterocycles. The van der Waals surface area contributed by atoms with E-state index >= 15 is 0 Å². The lowest BCUT2D eigenvalue weighted by Crippen LogP contribution is -2.17. The highest BCUT2D eigenvalue weighted by molar-refractivity contribution is 6.12. The molecule has 68 heavy (non-hydrogen) atoms. The predicted octanol–water partition coefficient (Wildman–Crippen LogP) is 18.0. The second-order valence-electron chi connectivity index (χ2n) is 18.5. The third-order valence-corrected chi connectivity index (χ3v) is 14.1. The van der Waals surface area contributed by atoms with Crippen molar-refractivity contribution < 1.29 is 23.2 Å². The van der Waals surface area contributed by atoms with Gasteiger partial charge in [0.1, 0.15) is 5.69 Å². The summed E-state index contributed by atoms with van der Waals surface area (Å²) in [6.45, 7) is 8.66. The van der Waals surface area contributed by atoms with Crippen LogP contribution in [0.3, 0.4) is 0 Å². The molecule has 2 aliphatic carbocycles.